The van der Waals surface area contributed by atoms with Crippen molar-refractivity contribution in [3.63, 3.8) is 0 Å². The first kappa shape index (κ1) is 11.7. The van der Waals surface area contributed by atoms with Gasteiger partial charge >= 0.3 is 0 Å². The summed E-state index contributed by atoms with van der Waals surface area (Å²) < 4.78 is 5.69. The molecule has 4 heteroatoms. The fourth-order valence-corrected chi connectivity index (χ4v) is 2.19. The number of hydrogen-bond acceptors (Lipinski definition) is 4. The number of fused-ring (bicyclic) bond motifs is 1. The lowest BCUT2D eigenvalue weighted by molar-refractivity contribution is 0.0216. The van der Waals surface area contributed by atoms with Gasteiger partial charge in [-0.3, -0.25) is 4.79 Å². The van der Waals surface area contributed by atoms with Gasteiger partial charge in [-0.2, -0.15) is 0 Å². The van der Waals surface area contributed by atoms with Crippen molar-refractivity contribution in [1.82, 2.24) is 0 Å². The molecule has 0 saturated carbocycles. The number of aromatic hydroxyl groups is 1. The number of hydrogen-bond donors (Lipinski definition) is 2. The van der Waals surface area contributed by atoms with Gasteiger partial charge in [0.1, 0.15) is 11.5 Å². The van der Waals surface area contributed by atoms with Gasteiger partial charge < -0.3 is 14.9 Å². The van der Waals surface area contributed by atoms with Crippen LogP contribution in [0, 0.1) is 0 Å². The first-order valence-corrected chi connectivity index (χ1v) is 5.94. The lowest BCUT2D eigenvalue weighted by atomic mass is 9.93. The van der Waals surface area contributed by atoms with Gasteiger partial charge in [0.15, 0.2) is 18.0 Å². The minimum absolute atomic E-state index is 0.126. The second kappa shape index (κ2) is 4.40. The molecule has 0 fully saturated rings. The molecule has 0 aliphatic carbocycles. The lowest BCUT2D eigenvalue weighted by Crippen LogP contribution is -2.36. The van der Waals surface area contributed by atoms with Crippen molar-refractivity contribution >= 4 is 5.78 Å². The maximum atomic E-state index is 12.1. The second-order valence-corrected chi connectivity index (χ2v) is 4.44. The number of para-hydroxylation sites is 1. The van der Waals surface area contributed by atoms with Crippen LogP contribution in [0.1, 0.15) is 22.0 Å². The predicted molar refractivity (Wildman–Crippen MR) is 68.3 cm³/mol. The highest BCUT2D eigenvalue weighted by Gasteiger charge is 2.36. The Balaban J connectivity index is 2.01. The monoisotopic (exact) mass is 256 g/mol. The van der Waals surface area contributed by atoms with E-state index in [2.05, 4.69) is 0 Å². The Kier molecular flexibility index (Phi) is 2.72. The van der Waals surface area contributed by atoms with Crippen LogP contribution < -0.4 is 4.74 Å². The molecule has 0 bridgehead atoms. The minimum Gasteiger partial charge on any atom is -0.508 e. The molecule has 0 radical (unpaired) electrons. The van der Waals surface area contributed by atoms with E-state index in [1.165, 1.54) is 12.1 Å². The van der Waals surface area contributed by atoms with Gasteiger partial charge in [-0.1, -0.05) is 24.3 Å². The highest BCUT2D eigenvalue weighted by atomic mass is 16.5. The quantitative estimate of drug-likeness (QED) is 0.819. The number of aliphatic hydroxyl groups excluding tert-OH is 1. The minimum atomic E-state index is -1.24. The number of ether oxygens (including phenoxy) is 1. The van der Waals surface area contributed by atoms with Crippen molar-refractivity contribution in [2.75, 3.05) is 0 Å². The molecule has 2 aromatic carbocycles. The summed E-state index contributed by atoms with van der Waals surface area (Å²) in [5, 5.41) is 19.3. The van der Waals surface area contributed by atoms with E-state index < -0.39 is 12.2 Å². The van der Waals surface area contributed by atoms with Crippen LogP contribution in [0.15, 0.2) is 48.5 Å². The Morgan fingerprint density at radius 2 is 1.68 bits per heavy atom. The molecule has 2 atom stereocenters. The number of benzene rings is 2. The Morgan fingerprint density at radius 3 is 2.42 bits per heavy atom. The van der Waals surface area contributed by atoms with Crippen LogP contribution >= 0.6 is 0 Å². The Bertz CT molecular complexity index is 618. The van der Waals surface area contributed by atoms with Gasteiger partial charge in [-0.15, -0.1) is 0 Å². The van der Waals surface area contributed by atoms with Crippen LogP contribution in [-0.2, 0) is 0 Å². The molecule has 0 spiro atoms. The van der Waals surface area contributed by atoms with E-state index in [1.54, 1.807) is 36.4 Å². The van der Waals surface area contributed by atoms with E-state index in [4.69, 9.17) is 4.74 Å². The Morgan fingerprint density at radius 1 is 1.00 bits per heavy atom. The first-order chi connectivity index (χ1) is 9.16. The zero-order valence-electron chi connectivity index (χ0n) is 9.98. The van der Waals surface area contributed by atoms with Crippen LogP contribution in [0.25, 0.3) is 0 Å². The summed E-state index contributed by atoms with van der Waals surface area (Å²) in [7, 11) is 0. The molecular weight excluding hydrogens is 244 g/mol. The average molecular weight is 256 g/mol. The average Bonchev–Trinajstić information content (AvgIpc) is 2.44. The van der Waals surface area contributed by atoms with E-state index in [0.29, 0.717) is 16.9 Å². The summed E-state index contributed by atoms with van der Waals surface area (Å²) in [5.41, 5.74) is 1.04. The molecule has 1 heterocycles. The third-order valence-electron chi connectivity index (χ3n) is 3.18. The van der Waals surface area contributed by atoms with Crippen molar-refractivity contribution in [3.05, 3.63) is 59.7 Å². The molecule has 0 aromatic heterocycles. The standard InChI is InChI=1S/C15H12O4/c16-10-7-5-9(6-8-10)15-14(18)13(17)11-3-1-2-4-12(11)19-15/h1-8,14-16,18H. The molecule has 2 N–H and O–H groups in total. The van der Waals surface area contributed by atoms with Crippen molar-refractivity contribution < 1.29 is 19.7 Å². The first-order valence-electron chi connectivity index (χ1n) is 5.94. The summed E-state index contributed by atoms with van der Waals surface area (Å²) >= 11 is 0. The fourth-order valence-electron chi connectivity index (χ4n) is 2.19. The third kappa shape index (κ3) is 1.96. The van der Waals surface area contributed by atoms with Gasteiger partial charge in [0.25, 0.3) is 0 Å². The molecule has 2 aromatic rings. The summed E-state index contributed by atoms with van der Waals surface area (Å²) in [6, 6.07) is 13.1. The molecule has 0 amide bonds. The normalized spacial score (nSPS) is 21.6. The zero-order chi connectivity index (χ0) is 13.4. The molecule has 96 valence electrons. The second-order valence-electron chi connectivity index (χ2n) is 4.44. The highest BCUT2D eigenvalue weighted by molar-refractivity contribution is 6.03. The summed E-state index contributed by atoms with van der Waals surface area (Å²) in [6.07, 6.45) is -1.98. The summed E-state index contributed by atoms with van der Waals surface area (Å²) in [5.74, 6) is 0.247. The molecule has 3 rings (SSSR count). The van der Waals surface area contributed by atoms with E-state index in [0.717, 1.165) is 0 Å². The smallest absolute Gasteiger partial charge is 0.199 e. The van der Waals surface area contributed by atoms with E-state index >= 15 is 0 Å². The van der Waals surface area contributed by atoms with Gasteiger partial charge in [0, 0.05) is 0 Å². The number of ketones is 1. The number of phenolic OH excluding ortho intramolecular Hbond substituents is 1. The molecule has 1 aliphatic heterocycles. The molecule has 19 heavy (non-hydrogen) atoms. The summed E-state index contributed by atoms with van der Waals surface area (Å²) in [4.78, 5) is 12.1. The van der Waals surface area contributed by atoms with Crippen LogP contribution in [-0.4, -0.2) is 22.1 Å². The largest absolute Gasteiger partial charge is 0.508 e. The van der Waals surface area contributed by atoms with E-state index in [-0.39, 0.29) is 11.5 Å². The van der Waals surface area contributed by atoms with E-state index in [9.17, 15) is 15.0 Å². The van der Waals surface area contributed by atoms with Gasteiger partial charge in [-0.05, 0) is 29.8 Å². The number of rotatable bonds is 1. The van der Waals surface area contributed by atoms with Crippen LogP contribution in [0.4, 0.5) is 0 Å². The van der Waals surface area contributed by atoms with Crippen LogP contribution in [0.3, 0.4) is 0 Å². The van der Waals surface area contributed by atoms with Crippen molar-refractivity contribution in [3.8, 4) is 11.5 Å². The fraction of sp³-hybridized carbons (Fsp3) is 0.133. The number of carbonyl (C=O) groups excluding carboxylic acids is 1. The van der Waals surface area contributed by atoms with Crippen molar-refractivity contribution in [2.45, 2.75) is 12.2 Å². The van der Waals surface area contributed by atoms with Crippen LogP contribution in [0.5, 0.6) is 11.5 Å². The van der Waals surface area contributed by atoms with Crippen LogP contribution in [0.2, 0.25) is 0 Å². The van der Waals surface area contributed by atoms with Crippen molar-refractivity contribution in [2.24, 2.45) is 0 Å². The molecule has 1 aliphatic rings. The molecule has 0 saturated heterocycles. The van der Waals surface area contributed by atoms with Crippen molar-refractivity contribution in [1.29, 1.82) is 0 Å². The molecule has 4 nitrogen and oxygen atoms in total. The zero-order valence-corrected chi connectivity index (χ0v) is 9.98. The molecule has 2 unspecified atom stereocenters. The predicted octanol–water partition coefficient (Wildman–Crippen LogP) is 2.07. The Labute approximate surface area is 109 Å². The van der Waals surface area contributed by atoms with Gasteiger partial charge in [0.05, 0.1) is 5.56 Å². The topological polar surface area (TPSA) is 66.8 Å². The number of carbonyl (C=O) groups is 1. The maximum Gasteiger partial charge on any atom is 0.199 e. The highest BCUT2D eigenvalue weighted by Crippen LogP contribution is 2.35. The number of phenols is 1. The maximum absolute atomic E-state index is 12.1. The van der Waals surface area contributed by atoms with Gasteiger partial charge in [-0.25, -0.2) is 0 Å². The lowest BCUT2D eigenvalue weighted by Gasteiger charge is -2.29. The van der Waals surface area contributed by atoms with E-state index in [1.807, 2.05) is 0 Å². The summed E-state index contributed by atoms with van der Waals surface area (Å²) in [6.45, 7) is 0. The SMILES string of the molecule is O=C1c2ccccc2OC(c2ccc(O)cc2)C1O. The third-order valence-corrected chi connectivity index (χ3v) is 3.18. The number of Topliss-reactive ketones (excluding diaryl/α,β-unsaturated/α-hetero) is 1. The van der Waals surface area contributed by atoms with Gasteiger partial charge in [0.2, 0.25) is 0 Å². The molecular formula is C15H12O4. The Hall–Kier alpha value is -2.33. The number of aliphatic hydroxyl groups is 1.